The SMILES string of the molecule is OCC/C=C\CCCCCCCCCCF. The minimum Gasteiger partial charge on any atom is -0.396 e. The lowest BCUT2D eigenvalue weighted by molar-refractivity contribution is 0.302. The Morgan fingerprint density at radius 1 is 0.688 bits per heavy atom. The summed E-state index contributed by atoms with van der Waals surface area (Å²) in [4.78, 5) is 0. The van der Waals surface area contributed by atoms with Crippen LogP contribution in [0.2, 0.25) is 0 Å². The van der Waals surface area contributed by atoms with Gasteiger partial charge in [0, 0.05) is 6.61 Å². The zero-order chi connectivity index (χ0) is 11.9. The van der Waals surface area contributed by atoms with E-state index in [1.165, 1.54) is 38.5 Å². The summed E-state index contributed by atoms with van der Waals surface area (Å²) in [6.07, 6.45) is 15.6. The highest BCUT2D eigenvalue weighted by Gasteiger charge is 1.91. The van der Waals surface area contributed by atoms with Crippen LogP contribution in [0.25, 0.3) is 0 Å². The third kappa shape index (κ3) is 13.6. The van der Waals surface area contributed by atoms with Crippen molar-refractivity contribution >= 4 is 0 Å². The summed E-state index contributed by atoms with van der Waals surface area (Å²) in [5.74, 6) is 0. The molecule has 0 aromatic rings. The van der Waals surface area contributed by atoms with Crippen LogP contribution < -0.4 is 0 Å². The summed E-state index contributed by atoms with van der Waals surface area (Å²) < 4.78 is 11.8. The van der Waals surface area contributed by atoms with E-state index in [4.69, 9.17) is 5.11 Å². The molecule has 1 N–H and O–H groups in total. The standard InChI is InChI=1S/C14H27FO/c15-13-11-9-7-5-3-1-2-4-6-8-10-12-14-16/h8,10,16H,1-7,9,11-14H2/b10-8-. The smallest absolute Gasteiger partial charge is 0.0894 e. The van der Waals surface area contributed by atoms with Gasteiger partial charge in [-0.25, -0.2) is 0 Å². The number of halogens is 1. The molecule has 0 aliphatic carbocycles. The van der Waals surface area contributed by atoms with Crippen LogP contribution in [0, 0.1) is 0 Å². The molecule has 0 fully saturated rings. The number of allylic oxidation sites excluding steroid dienone is 1. The molecule has 0 rings (SSSR count). The quantitative estimate of drug-likeness (QED) is 0.389. The average molecular weight is 230 g/mol. The summed E-state index contributed by atoms with van der Waals surface area (Å²) in [5, 5.41) is 8.55. The number of rotatable bonds is 12. The summed E-state index contributed by atoms with van der Waals surface area (Å²) in [5.41, 5.74) is 0. The van der Waals surface area contributed by atoms with Gasteiger partial charge in [0.05, 0.1) is 6.67 Å². The van der Waals surface area contributed by atoms with Crippen molar-refractivity contribution in [2.75, 3.05) is 13.3 Å². The maximum atomic E-state index is 11.8. The molecule has 0 aromatic carbocycles. The van der Waals surface area contributed by atoms with Crippen molar-refractivity contribution in [2.45, 2.75) is 64.2 Å². The predicted octanol–water partition coefficient (Wildman–Crippen LogP) is 4.41. The highest BCUT2D eigenvalue weighted by atomic mass is 19.1. The first-order chi connectivity index (χ1) is 7.91. The lowest BCUT2D eigenvalue weighted by Crippen LogP contribution is -1.82. The first-order valence-electron chi connectivity index (χ1n) is 6.73. The van der Waals surface area contributed by atoms with Crippen LogP contribution >= 0.6 is 0 Å². The predicted molar refractivity (Wildman–Crippen MR) is 68.4 cm³/mol. The van der Waals surface area contributed by atoms with Crippen LogP contribution in [-0.2, 0) is 0 Å². The minimum atomic E-state index is -0.153. The van der Waals surface area contributed by atoms with Crippen molar-refractivity contribution in [1.29, 1.82) is 0 Å². The van der Waals surface area contributed by atoms with Gasteiger partial charge in [0.1, 0.15) is 0 Å². The third-order valence-corrected chi connectivity index (χ3v) is 2.72. The Balaban J connectivity index is 2.93. The largest absolute Gasteiger partial charge is 0.396 e. The molecule has 0 bridgehead atoms. The molecule has 96 valence electrons. The lowest BCUT2D eigenvalue weighted by atomic mass is 10.1. The number of hydrogen-bond donors (Lipinski definition) is 1. The Bertz CT molecular complexity index is 146. The van der Waals surface area contributed by atoms with Crippen molar-refractivity contribution in [1.82, 2.24) is 0 Å². The first-order valence-corrected chi connectivity index (χ1v) is 6.73. The number of alkyl halides is 1. The van der Waals surface area contributed by atoms with E-state index < -0.39 is 0 Å². The molecule has 1 nitrogen and oxygen atoms in total. The Kier molecular flexibility index (Phi) is 14.3. The topological polar surface area (TPSA) is 20.2 Å². The number of hydrogen-bond acceptors (Lipinski definition) is 1. The van der Waals surface area contributed by atoms with Gasteiger partial charge in [0.2, 0.25) is 0 Å². The molecule has 0 saturated heterocycles. The van der Waals surface area contributed by atoms with E-state index >= 15 is 0 Å². The second kappa shape index (κ2) is 14.6. The molecule has 0 amide bonds. The molecule has 0 aliphatic heterocycles. The molecule has 0 spiro atoms. The molecule has 0 saturated carbocycles. The molecule has 0 radical (unpaired) electrons. The minimum absolute atomic E-state index is 0.153. The Morgan fingerprint density at radius 2 is 1.19 bits per heavy atom. The van der Waals surface area contributed by atoms with Crippen LogP contribution in [0.15, 0.2) is 12.2 Å². The van der Waals surface area contributed by atoms with Gasteiger partial charge in [-0.1, -0.05) is 50.7 Å². The van der Waals surface area contributed by atoms with Gasteiger partial charge < -0.3 is 5.11 Å². The molecular weight excluding hydrogens is 203 g/mol. The maximum absolute atomic E-state index is 11.8. The Labute approximate surface area is 99.8 Å². The lowest BCUT2D eigenvalue weighted by Gasteiger charge is -2.00. The van der Waals surface area contributed by atoms with E-state index in [0.717, 1.165) is 25.7 Å². The number of unbranched alkanes of at least 4 members (excludes halogenated alkanes) is 8. The maximum Gasteiger partial charge on any atom is 0.0894 e. The van der Waals surface area contributed by atoms with Crippen LogP contribution in [0.3, 0.4) is 0 Å². The van der Waals surface area contributed by atoms with Gasteiger partial charge in [0.15, 0.2) is 0 Å². The van der Waals surface area contributed by atoms with Crippen LogP contribution in [0.1, 0.15) is 64.2 Å². The van der Waals surface area contributed by atoms with Gasteiger partial charge in [-0.3, -0.25) is 4.39 Å². The van der Waals surface area contributed by atoms with Crippen molar-refractivity contribution in [3.05, 3.63) is 12.2 Å². The van der Waals surface area contributed by atoms with Gasteiger partial charge in [-0.05, 0) is 25.7 Å². The Morgan fingerprint density at radius 3 is 1.75 bits per heavy atom. The molecular formula is C14H27FO. The van der Waals surface area contributed by atoms with Crippen LogP contribution in [0.5, 0.6) is 0 Å². The van der Waals surface area contributed by atoms with Crippen molar-refractivity contribution in [2.24, 2.45) is 0 Å². The molecule has 0 heterocycles. The zero-order valence-electron chi connectivity index (χ0n) is 10.5. The normalized spacial score (nSPS) is 11.4. The van der Waals surface area contributed by atoms with Gasteiger partial charge >= 0.3 is 0 Å². The van der Waals surface area contributed by atoms with E-state index in [1.807, 2.05) is 0 Å². The second-order valence-electron chi connectivity index (χ2n) is 4.29. The second-order valence-corrected chi connectivity index (χ2v) is 4.29. The van der Waals surface area contributed by atoms with Crippen molar-refractivity contribution in [3.63, 3.8) is 0 Å². The van der Waals surface area contributed by atoms with E-state index in [9.17, 15) is 4.39 Å². The summed E-state index contributed by atoms with van der Waals surface area (Å²) in [6.45, 7) is 0.107. The molecule has 0 aliphatic rings. The molecule has 0 atom stereocenters. The van der Waals surface area contributed by atoms with Crippen LogP contribution in [-0.4, -0.2) is 18.4 Å². The highest BCUT2D eigenvalue weighted by molar-refractivity contribution is 4.80. The first kappa shape index (κ1) is 15.6. The monoisotopic (exact) mass is 230 g/mol. The summed E-state index contributed by atoms with van der Waals surface area (Å²) in [7, 11) is 0. The fraction of sp³-hybridized carbons (Fsp3) is 0.857. The van der Waals surface area contributed by atoms with Gasteiger partial charge in [-0.15, -0.1) is 0 Å². The summed E-state index contributed by atoms with van der Waals surface area (Å²) in [6, 6.07) is 0. The number of aliphatic hydroxyl groups excluding tert-OH is 1. The average Bonchev–Trinajstić information content (AvgIpc) is 2.31. The molecule has 0 unspecified atom stereocenters. The van der Waals surface area contributed by atoms with Crippen molar-refractivity contribution in [3.8, 4) is 0 Å². The van der Waals surface area contributed by atoms with E-state index in [1.54, 1.807) is 0 Å². The third-order valence-electron chi connectivity index (χ3n) is 2.72. The van der Waals surface area contributed by atoms with Gasteiger partial charge in [0.25, 0.3) is 0 Å². The van der Waals surface area contributed by atoms with E-state index in [0.29, 0.717) is 0 Å². The Hall–Kier alpha value is -0.370. The molecule has 2 heteroatoms. The fourth-order valence-electron chi connectivity index (χ4n) is 1.73. The summed E-state index contributed by atoms with van der Waals surface area (Å²) >= 11 is 0. The molecule has 0 aromatic heterocycles. The fourth-order valence-corrected chi connectivity index (χ4v) is 1.73. The van der Waals surface area contributed by atoms with Gasteiger partial charge in [-0.2, -0.15) is 0 Å². The van der Waals surface area contributed by atoms with E-state index in [-0.39, 0.29) is 13.3 Å². The zero-order valence-corrected chi connectivity index (χ0v) is 10.5. The van der Waals surface area contributed by atoms with E-state index in [2.05, 4.69) is 12.2 Å². The highest BCUT2D eigenvalue weighted by Crippen LogP contribution is 2.10. The van der Waals surface area contributed by atoms with Crippen LogP contribution in [0.4, 0.5) is 4.39 Å². The number of aliphatic hydroxyl groups is 1. The van der Waals surface area contributed by atoms with Crippen molar-refractivity contribution < 1.29 is 9.50 Å². The molecule has 16 heavy (non-hydrogen) atoms.